The summed E-state index contributed by atoms with van der Waals surface area (Å²) in [5, 5.41) is 16.9. The second-order valence-corrected chi connectivity index (χ2v) is 14.8. The van der Waals surface area contributed by atoms with Crippen molar-refractivity contribution in [1.29, 1.82) is 0 Å². The number of carbonyl (C=O) groups excluding carboxylic acids is 1. The average molecular weight is 706 g/mol. The normalized spacial score (nSPS) is 11.3. The number of ether oxygens (including phenoxy) is 1. The van der Waals surface area contributed by atoms with Crippen molar-refractivity contribution < 1.29 is 19.0 Å². The van der Waals surface area contributed by atoms with Crippen molar-refractivity contribution in [3.05, 3.63) is 142 Å². The molecule has 0 spiro atoms. The molecule has 3 heterocycles. The summed E-state index contributed by atoms with van der Waals surface area (Å²) in [5.74, 6) is -0.757. The molecule has 0 saturated carbocycles. The Bertz CT molecular complexity index is 2290. The minimum atomic E-state index is -0.741. The lowest BCUT2D eigenvalue weighted by molar-refractivity contribution is 0.0636. The van der Waals surface area contributed by atoms with Gasteiger partial charge >= 0.3 is 6.09 Å². The monoisotopic (exact) mass is 705 g/mol. The number of aromatic hydroxyl groups is 1. The molecule has 7 nitrogen and oxygen atoms in total. The fourth-order valence-electron chi connectivity index (χ4n) is 5.52. The van der Waals surface area contributed by atoms with Crippen LogP contribution in [0.2, 0.25) is 0 Å². The van der Waals surface area contributed by atoms with Crippen LogP contribution in [0.4, 0.5) is 14.2 Å². The lowest BCUT2D eigenvalue weighted by Gasteiger charge is -2.19. The average Bonchev–Trinajstić information content (AvgIpc) is 3.69. The van der Waals surface area contributed by atoms with E-state index in [4.69, 9.17) is 9.72 Å². The van der Waals surface area contributed by atoms with Crippen molar-refractivity contribution in [3.63, 3.8) is 0 Å². The quantitative estimate of drug-likeness (QED) is 0.180. The molecule has 50 heavy (non-hydrogen) atoms. The lowest BCUT2D eigenvalue weighted by atomic mass is 9.99. The van der Waals surface area contributed by atoms with Crippen LogP contribution in [0.15, 0.2) is 114 Å². The number of para-hydroxylation sites is 1. The maximum Gasteiger partial charge on any atom is 0.412 e. The minimum Gasteiger partial charge on any atom is -0.504 e. The number of anilines is 1. The van der Waals surface area contributed by atoms with Gasteiger partial charge < -0.3 is 9.84 Å². The van der Waals surface area contributed by atoms with Crippen LogP contribution >= 0.6 is 22.7 Å². The third kappa shape index (κ3) is 7.93. The van der Waals surface area contributed by atoms with Gasteiger partial charge in [0.15, 0.2) is 11.6 Å². The van der Waals surface area contributed by atoms with E-state index < -0.39 is 23.3 Å². The molecule has 0 fully saturated rings. The van der Waals surface area contributed by atoms with Crippen molar-refractivity contribution in [2.75, 3.05) is 5.32 Å². The molecule has 0 atom stereocenters. The summed E-state index contributed by atoms with van der Waals surface area (Å²) in [4.78, 5) is 30.1. The van der Waals surface area contributed by atoms with Gasteiger partial charge in [-0.3, -0.25) is 14.7 Å². The van der Waals surface area contributed by atoms with Gasteiger partial charge in [-0.2, -0.15) is 0 Å². The third-order valence-corrected chi connectivity index (χ3v) is 9.91. The standard InChI is InChI=1S/C27H21FN2O2S.C13H15NO2S/c1-17-29-25(20-11-7-12-22(28)26(20)31)21(15-14-18-8-3-2-4-9-18)27(32)30(17)24-16-19-10-5-6-13-23(19)33-24;1-13(2,3)16-12(15)14-11-8-9-6-4-5-7-10(9)17-11/h2-13,16,31H,14-15H2,1H3;4-8H,1-3H3,(H,14,15). The number of aromatic nitrogens is 2. The Kier molecular flexibility index (Phi) is 10.1. The molecule has 254 valence electrons. The van der Waals surface area contributed by atoms with Crippen molar-refractivity contribution in [1.82, 2.24) is 9.55 Å². The maximum atomic E-state index is 14.2. The van der Waals surface area contributed by atoms with E-state index in [0.29, 0.717) is 29.9 Å². The first-order valence-electron chi connectivity index (χ1n) is 16.1. The Balaban J connectivity index is 0.000000214. The molecule has 0 bridgehead atoms. The summed E-state index contributed by atoms with van der Waals surface area (Å²) in [6.45, 7) is 7.29. The largest absolute Gasteiger partial charge is 0.504 e. The van der Waals surface area contributed by atoms with Gasteiger partial charge in [-0.05, 0) is 93.3 Å². The Morgan fingerprint density at radius 1 is 0.860 bits per heavy atom. The number of amides is 1. The topological polar surface area (TPSA) is 93.5 Å². The number of phenols is 1. The molecule has 0 saturated heterocycles. The fourth-order valence-corrected chi connectivity index (χ4v) is 7.57. The van der Waals surface area contributed by atoms with Crippen LogP contribution in [0.3, 0.4) is 0 Å². The highest BCUT2D eigenvalue weighted by molar-refractivity contribution is 7.23. The summed E-state index contributed by atoms with van der Waals surface area (Å²) in [6.07, 6.45) is 0.617. The zero-order valence-corrected chi connectivity index (χ0v) is 29.7. The van der Waals surface area contributed by atoms with Crippen LogP contribution in [0.25, 0.3) is 36.4 Å². The van der Waals surface area contributed by atoms with Gasteiger partial charge in [-0.1, -0.05) is 72.8 Å². The molecule has 0 aliphatic heterocycles. The number of hydrogen-bond acceptors (Lipinski definition) is 7. The van der Waals surface area contributed by atoms with Crippen molar-refractivity contribution in [2.45, 2.75) is 46.1 Å². The fraction of sp³-hybridized carbons (Fsp3) is 0.175. The first-order valence-corrected chi connectivity index (χ1v) is 17.7. The number of phenolic OH excluding ortho intramolecular Hbond substituents is 1. The molecular formula is C40H36FN3O4S2. The van der Waals surface area contributed by atoms with E-state index in [1.165, 1.54) is 34.8 Å². The first kappa shape index (κ1) is 34.5. The molecular weight excluding hydrogens is 670 g/mol. The maximum absolute atomic E-state index is 14.2. The van der Waals surface area contributed by atoms with E-state index in [-0.39, 0.29) is 11.1 Å². The number of thiophene rings is 2. The second kappa shape index (κ2) is 14.7. The molecule has 0 unspecified atom stereocenters. The van der Waals surface area contributed by atoms with Crippen LogP contribution in [0.5, 0.6) is 5.75 Å². The molecule has 0 aliphatic rings. The van der Waals surface area contributed by atoms with Crippen molar-refractivity contribution in [3.8, 4) is 22.0 Å². The number of carbonyl (C=O) groups is 1. The van der Waals surface area contributed by atoms with Gasteiger partial charge in [0.05, 0.1) is 10.7 Å². The molecule has 0 radical (unpaired) electrons. The van der Waals surface area contributed by atoms with Crippen molar-refractivity contribution >= 4 is 53.9 Å². The minimum absolute atomic E-state index is 0.205. The highest BCUT2D eigenvalue weighted by Gasteiger charge is 2.22. The number of nitrogens with one attached hydrogen (secondary N) is 1. The van der Waals surface area contributed by atoms with E-state index >= 15 is 0 Å². The first-order chi connectivity index (χ1) is 24.0. The SMILES string of the molecule is CC(C)(C)OC(=O)Nc1cc2ccccc2s1.Cc1nc(-c2cccc(F)c2O)c(CCc2ccccc2)c(=O)n1-c1cc2ccccc2s1. The van der Waals surface area contributed by atoms with E-state index in [2.05, 4.69) is 5.32 Å². The Hall–Kier alpha value is -5.32. The Morgan fingerprint density at radius 2 is 1.50 bits per heavy atom. The van der Waals surface area contributed by atoms with Gasteiger partial charge in [-0.25, -0.2) is 14.2 Å². The molecule has 10 heteroatoms. The number of benzene rings is 4. The van der Waals surface area contributed by atoms with E-state index in [9.17, 15) is 19.1 Å². The highest BCUT2D eigenvalue weighted by atomic mass is 32.1. The van der Waals surface area contributed by atoms with E-state index in [1.54, 1.807) is 17.6 Å². The highest BCUT2D eigenvalue weighted by Crippen LogP contribution is 2.34. The smallest absolute Gasteiger partial charge is 0.412 e. The number of aryl methyl sites for hydroxylation is 2. The predicted molar refractivity (Wildman–Crippen MR) is 203 cm³/mol. The van der Waals surface area contributed by atoms with Crippen LogP contribution in [0, 0.1) is 12.7 Å². The predicted octanol–water partition coefficient (Wildman–Crippen LogP) is 10.3. The molecule has 0 aliphatic carbocycles. The Labute approximate surface area is 297 Å². The molecule has 2 N–H and O–H groups in total. The number of nitrogens with zero attached hydrogens (tertiary/aromatic N) is 2. The Morgan fingerprint density at radius 3 is 2.16 bits per heavy atom. The van der Waals surface area contributed by atoms with Crippen LogP contribution in [-0.2, 0) is 17.6 Å². The summed E-state index contributed by atoms with van der Waals surface area (Å²) in [5.41, 5.74) is 1.40. The van der Waals surface area contributed by atoms with E-state index in [1.807, 2.05) is 112 Å². The number of hydrogen-bond donors (Lipinski definition) is 2. The van der Waals surface area contributed by atoms with Gasteiger partial charge in [0.1, 0.15) is 16.4 Å². The van der Waals surface area contributed by atoms with Gasteiger partial charge in [-0.15, -0.1) is 22.7 Å². The molecule has 1 amide bonds. The summed E-state index contributed by atoms with van der Waals surface area (Å²) in [6, 6.07) is 34.1. The number of fused-ring (bicyclic) bond motifs is 2. The van der Waals surface area contributed by atoms with Crippen LogP contribution in [-0.4, -0.2) is 26.4 Å². The van der Waals surface area contributed by atoms with Gasteiger partial charge in [0, 0.05) is 20.5 Å². The van der Waals surface area contributed by atoms with Gasteiger partial charge in [0.2, 0.25) is 0 Å². The summed E-state index contributed by atoms with van der Waals surface area (Å²) in [7, 11) is 0. The van der Waals surface area contributed by atoms with Gasteiger partial charge in [0.25, 0.3) is 5.56 Å². The number of rotatable bonds is 6. The van der Waals surface area contributed by atoms with Crippen LogP contribution < -0.4 is 10.9 Å². The third-order valence-electron chi connectivity index (χ3n) is 7.78. The molecule has 3 aromatic heterocycles. The molecule has 7 aromatic rings. The zero-order chi connectivity index (χ0) is 35.4. The number of halogens is 1. The second-order valence-electron chi connectivity index (χ2n) is 12.6. The van der Waals surface area contributed by atoms with Crippen LogP contribution in [0.1, 0.15) is 37.7 Å². The summed E-state index contributed by atoms with van der Waals surface area (Å²) >= 11 is 3.06. The van der Waals surface area contributed by atoms with Crippen molar-refractivity contribution in [2.24, 2.45) is 0 Å². The summed E-state index contributed by atoms with van der Waals surface area (Å²) < 4.78 is 23.2. The lowest BCUT2D eigenvalue weighted by Crippen LogP contribution is -2.26. The molecule has 4 aromatic carbocycles. The van der Waals surface area contributed by atoms with E-state index in [0.717, 1.165) is 35.7 Å². The zero-order valence-electron chi connectivity index (χ0n) is 28.1. The molecule has 7 rings (SSSR count).